The lowest BCUT2D eigenvalue weighted by molar-refractivity contribution is -0.137. The summed E-state index contributed by atoms with van der Waals surface area (Å²) >= 11 is 0. The van der Waals surface area contributed by atoms with Crippen LogP contribution in [0.15, 0.2) is 84.2 Å². The Hall–Kier alpha value is -8.24. The van der Waals surface area contributed by atoms with Gasteiger partial charge in [-0.15, -0.1) is 0 Å². The number of imidazole rings is 1. The Morgan fingerprint density at radius 2 is 1.49 bits per heavy atom. The molecule has 1 fully saturated rings. The predicted octanol–water partition coefficient (Wildman–Crippen LogP) is 3.79. The van der Waals surface area contributed by atoms with Crippen molar-refractivity contribution >= 4 is 70.7 Å². The quantitative estimate of drug-likeness (QED) is 0.0303. The lowest BCUT2D eigenvalue weighted by atomic mass is 10.1. The van der Waals surface area contributed by atoms with Gasteiger partial charge in [-0.1, -0.05) is 24.3 Å². The minimum Gasteiger partial charge on any atom is -0.493 e. The molecule has 1 saturated heterocycles. The van der Waals surface area contributed by atoms with E-state index in [0.717, 1.165) is 27.2 Å². The molecular formula is C52H60N10O12. The zero-order chi connectivity index (χ0) is 52.7. The van der Waals surface area contributed by atoms with Crippen LogP contribution >= 0.6 is 0 Å². The van der Waals surface area contributed by atoms with Crippen molar-refractivity contribution in [1.29, 1.82) is 0 Å². The van der Waals surface area contributed by atoms with E-state index in [1.807, 2.05) is 6.92 Å². The molecule has 390 valence electrons. The Morgan fingerprint density at radius 3 is 2.26 bits per heavy atom. The molecule has 5 heterocycles. The third-order valence-corrected chi connectivity index (χ3v) is 12.1. The number of amides is 7. The number of esters is 1. The number of nitrogens with one attached hydrogen (secondary N) is 4. The van der Waals surface area contributed by atoms with Crippen molar-refractivity contribution in [3.05, 3.63) is 102 Å². The normalized spacial score (nSPS) is 14.7. The fourth-order valence-corrected chi connectivity index (χ4v) is 8.16. The molecule has 74 heavy (non-hydrogen) atoms. The maximum atomic E-state index is 13.2. The number of hydrogen-bond donors (Lipinski definition) is 4. The van der Waals surface area contributed by atoms with Crippen LogP contribution in [0, 0.1) is 6.92 Å². The van der Waals surface area contributed by atoms with Crippen molar-refractivity contribution in [2.45, 2.75) is 51.5 Å². The van der Waals surface area contributed by atoms with Gasteiger partial charge >= 0.3 is 5.97 Å². The van der Waals surface area contributed by atoms with E-state index in [-0.39, 0.29) is 113 Å². The third kappa shape index (κ3) is 14.5. The number of anilines is 2. The molecule has 22 heteroatoms. The number of aliphatic imine (C=N–C) groups is 1. The monoisotopic (exact) mass is 1020 g/mol. The van der Waals surface area contributed by atoms with Crippen LogP contribution in [0.2, 0.25) is 0 Å². The number of aromatic nitrogens is 3. The van der Waals surface area contributed by atoms with Gasteiger partial charge < -0.3 is 54.2 Å². The SMILES string of the molecule is C=C1C[C@H]2C=Nc3cc(OCCCC(=O)Nc4cn(C)c(C(=O)Nc5ccc(-c6cc(C(=O)OCCCNC(=O)CCOCCOCCNC(=O)CCN7C(=O)C=CC7=O)n(C)c6)cc5)n4)c(C)cc3C(=O)N2C1. The van der Waals surface area contributed by atoms with E-state index < -0.39 is 23.7 Å². The maximum absolute atomic E-state index is 13.2. The molecule has 1 atom stereocenters. The molecule has 3 aliphatic heterocycles. The standard InChI is InChI=1S/C52H60N10O12/c1-33-25-38-29-55-40-28-42(34(2)26-39(40)51(69)62(38)30-33)73-19-5-7-46(65)57-43-32-60(4)49(58-43)50(68)56-37-10-8-35(9-11-37)36-27-41(59(3)31-36)52(70)74-20-6-16-53-45(64)15-21-71-23-24-72-22-17-54-44(63)14-18-61-47(66)12-13-48(61)67/h8-13,26-29,31-32,38H,1,5-7,14-25,30H2,2-4H3,(H,53,64)(H,54,63)(H,56,68)(H,57,65)/t38-/m0/s1. The van der Waals surface area contributed by atoms with E-state index in [2.05, 4.69) is 37.8 Å². The molecule has 7 amide bonds. The van der Waals surface area contributed by atoms with Gasteiger partial charge in [-0.25, -0.2) is 9.78 Å². The highest BCUT2D eigenvalue weighted by Crippen LogP contribution is 2.35. The van der Waals surface area contributed by atoms with Crippen molar-refractivity contribution in [3.63, 3.8) is 0 Å². The molecule has 22 nitrogen and oxygen atoms in total. The Labute approximate surface area is 427 Å². The number of ether oxygens (including phenoxy) is 4. The summed E-state index contributed by atoms with van der Waals surface area (Å²) in [6, 6.07) is 12.2. The summed E-state index contributed by atoms with van der Waals surface area (Å²) in [6.45, 7) is 8.27. The van der Waals surface area contributed by atoms with E-state index in [4.69, 9.17) is 18.9 Å². The highest BCUT2D eigenvalue weighted by molar-refractivity contribution is 6.13. The molecule has 0 spiro atoms. The summed E-state index contributed by atoms with van der Waals surface area (Å²) in [5.41, 5.74) is 5.25. The number of aryl methyl sites for hydroxylation is 3. The number of carbonyl (C=O) groups is 8. The molecule has 3 aliphatic rings. The van der Waals surface area contributed by atoms with Gasteiger partial charge in [-0.05, 0) is 61.6 Å². The summed E-state index contributed by atoms with van der Waals surface area (Å²) < 4.78 is 25.5. The summed E-state index contributed by atoms with van der Waals surface area (Å²) in [5, 5.41) is 11.0. The zero-order valence-corrected chi connectivity index (χ0v) is 41.6. The van der Waals surface area contributed by atoms with Gasteiger partial charge in [0.25, 0.3) is 23.6 Å². The number of hydrogen-bond acceptors (Lipinski definition) is 14. The molecule has 7 rings (SSSR count). The van der Waals surface area contributed by atoms with Crippen molar-refractivity contribution in [1.82, 2.24) is 34.6 Å². The second kappa shape index (κ2) is 25.4. The fourth-order valence-electron chi connectivity index (χ4n) is 8.16. The fraction of sp³-hybridized carbons (Fsp3) is 0.385. The van der Waals surface area contributed by atoms with E-state index >= 15 is 0 Å². The average Bonchev–Trinajstić information content (AvgIpc) is 4.13. The van der Waals surface area contributed by atoms with E-state index in [1.54, 1.807) is 84.6 Å². The molecule has 0 aliphatic carbocycles. The maximum Gasteiger partial charge on any atom is 0.354 e. The van der Waals surface area contributed by atoms with Crippen molar-refractivity contribution < 1.29 is 57.3 Å². The van der Waals surface area contributed by atoms with E-state index in [0.29, 0.717) is 60.7 Å². The lowest BCUT2D eigenvalue weighted by Crippen LogP contribution is -2.35. The van der Waals surface area contributed by atoms with Crippen LogP contribution in [0.5, 0.6) is 5.75 Å². The highest BCUT2D eigenvalue weighted by atomic mass is 16.5. The molecule has 2 aromatic heterocycles. The van der Waals surface area contributed by atoms with Gasteiger partial charge in [0, 0.05) is 108 Å². The first-order chi connectivity index (χ1) is 35.6. The molecule has 4 aromatic rings. The summed E-state index contributed by atoms with van der Waals surface area (Å²) in [4.78, 5) is 111. The second-order valence-corrected chi connectivity index (χ2v) is 17.8. The number of nitrogens with zero attached hydrogens (tertiary/aromatic N) is 6. The summed E-state index contributed by atoms with van der Waals surface area (Å²) in [7, 11) is 3.38. The summed E-state index contributed by atoms with van der Waals surface area (Å²) in [6.07, 6.45) is 9.25. The molecule has 4 N–H and O–H groups in total. The minimum atomic E-state index is -0.520. The van der Waals surface area contributed by atoms with Gasteiger partial charge in [0.05, 0.1) is 56.9 Å². The van der Waals surface area contributed by atoms with Crippen LogP contribution < -0.4 is 26.0 Å². The first-order valence-electron chi connectivity index (χ1n) is 24.2. The lowest BCUT2D eigenvalue weighted by Gasteiger charge is -2.20. The van der Waals surface area contributed by atoms with Crippen molar-refractivity contribution in [2.75, 3.05) is 76.5 Å². The van der Waals surface area contributed by atoms with Crippen LogP contribution in [0.4, 0.5) is 17.2 Å². The van der Waals surface area contributed by atoms with Gasteiger partial charge in [0.15, 0.2) is 5.82 Å². The van der Waals surface area contributed by atoms with Crippen molar-refractivity contribution in [3.8, 4) is 16.9 Å². The summed E-state index contributed by atoms with van der Waals surface area (Å²) in [5.74, 6) is -1.87. The van der Waals surface area contributed by atoms with Crippen molar-refractivity contribution in [2.24, 2.45) is 19.1 Å². The van der Waals surface area contributed by atoms with E-state index in [1.165, 1.54) is 16.7 Å². The molecule has 0 saturated carbocycles. The largest absolute Gasteiger partial charge is 0.493 e. The number of carbonyl (C=O) groups excluding carboxylic acids is 8. The minimum absolute atomic E-state index is 0.0000117. The number of imide groups is 1. The van der Waals surface area contributed by atoms with Gasteiger partial charge in [-0.3, -0.25) is 43.5 Å². The molecule has 2 aromatic carbocycles. The number of rotatable bonds is 26. The Kier molecular flexibility index (Phi) is 18.4. The van der Waals surface area contributed by atoms with Crippen LogP contribution in [0.25, 0.3) is 11.1 Å². The zero-order valence-electron chi connectivity index (χ0n) is 41.6. The molecule has 0 unspecified atom stereocenters. The molecule has 0 radical (unpaired) electrons. The first kappa shape index (κ1) is 53.6. The van der Waals surface area contributed by atoms with Crippen LogP contribution in [-0.2, 0) is 52.3 Å². The Bertz CT molecular complexity index is 2830. The van der Waals surface area contributed by atoms with E-state index in [9.17, 15) is 38.4 Å². The first-order valence-corrected chi connectivity index (χ1v) is 24.2. The molecule has 0 bridgehead atoms. The highest BCUT2D eigenvalue weighted by Gasteiger charge is 2.34. The molecular weight excluding hydrogens is 957 g/mol. The Balaban J connectivity index is 0.737. The average molecular weight is 1020 g/mol. The van der Waals surface area contributed by atoms with Gasteiger partial charge in [0.2, 0.25) is 23.5 Å². The van der Waals surface area contributed by atoms with Crippen LogP contribution in [0.1, 0.15) is 75.6 Å². The van der Waals surface area contributed by atoms with Crippen LogP contribution in [0.3, 0.4) is 0 Å². The van der Waals surface area contributed by atoms with Gasteiger partial charge in [-0.2, -0.15) is 0 Å². The third-order valence-electron chi connectivity index (χ3n) is 12.1. The smallest absolute Gasteiger partial charge is 0.354 e. The topological polar surface area (TPSA) is 263 Å². The van der Waals surface area contributed by atoms with Crippen LogP contribution in [-0.4, -0.2) is 149 Å². The predicted molar refractivity (Wildman–Crippen MR) is 271 cm³/mol. The number of benzene rings is 2. The second-order valence-electron chi connectivity index (χ2n) is 17.8. The Morgan fingerprint density at radius 1 is 0.757 bits per heavy atom. The number of fused-ring (bicyclic) bond motifs is 2. The van der Waals surface area contributed by atoms with Gasteiger partial charge in [0.1, 0.15) is 11.4 Å².